The van der Waals surface area contributed by atoms with Gasteiger partial charge in [-0.2, -0.15) is 5.26 Å². The number of thioether (sulfide) groups is 1. The standard InChI is InChI=1S/C22H22N4O3S/c1-12-6-4-7-16(13(12)2)26-18(27)11-30-22-15(10-23)20(17-8-5-9-29-17)19(21(24)28)14(3)25-22/h4-9,20,25H,11H2,1-3H3,(H2,24,28)(H,26,27). The number of nitrogens with one attached hydrogen (secondary N) is 2. The van der Waals surface area contributed by atoms with Gasteiger partial charge in [0.15, 0.2) is 0 Å². The van der Waals surface area contributed by atoms with Crippen LogP contribution in [0.5, 0.6) is 0 Å². The van der Waals surface area contributed by atoms with Crippen LogP contribution < -0.4 is 16.4 Å². The fraction of sp³-hybridized carbons (Fsp3) is 0.227. The first-order valence-electron chi connectivity index (χ1n) is 9.27. The summed E-state index contributed by atoms with van der Waals surface area (Å²) in [7, 11) is 0. The molecule has 8 heteroatoms. The Balaban J connectivity index is 1.83. The summed E-state index contributed by atoms with van der Waals surface area (Å²) in [5.41, 5.74) is 9.50. The Labute approximate surface area is 179 Å². The predicted octanol–water partition coefficient (Wildman–Crippen LogP) is 3.45. The number of nitrogens with two attached hydrogens (primary N) is 1. The molecule has 4 N–H and O–H groups in total. The van der Waals surface area contributed by atoms with Gasteiger partial charge in [0.05, 0.1) is 40.2 Å². The quantitative estimate of drug-likeness (QED) is 0.656. The number of hydrogen-bond acceptors (Lipinski definition) is 6. The number of primary amides is 1. The molecule has 7 nitrogen and oxygen atoms in total. The molecule has 2 amide bonds. The van der Waals surface area contributed by atoms with Gasteiger partial charge in [0.1, 0.15) is 5.76 Å². The van der Waals surface area contributed by atoms with E-state index in [4.69, 9.17) is 10.2 Å². The smallest absolute Gasteiger partial charge is 0.247 e. The number of nitriles is 1. The fourth-order valence-corrected chi connectivity index (χ4v) is 4.20. The molecule has 0 aliphatic carbocycles. The third-order valence-electron chi connectivity index (χ3n) is 4.97. The third-order valence-corrected chi connectivity index (χ3v) is 5.98. The summed E-state index contributed by atoms with van der Waals surface area (Å²) in [6.07, 6.45) is 1.48. The Hall–Kier alpha value is -3.44. The van der Waals surface area contributed by atoms with Gasteiger partial charge >= 0.3 is 0 Å². The zero-order valence-electron chi connectivity index (χ0n) is 16.9. The van der Waals surface area contributed by atoms with E-state index in [9.17, 15) is 14.9 Å². The lowest BCUT2D eigenvalue weighted by Crippen LogP contribution is -2.31. The van der Waals surface area contributed by atoms with Gasteiger partial charge in [-0.05, 0) is 50.1 Å². The molecule has 1 aliphatic rings. The number of dihydropyridines is 1. The molecule has 1 aliphatic heterocycles. The van der Waals surface area contributed by atoms with Gasteiger partial charge in [-0.1, -0.05) is 23.9 Å². The van der Waals surface area contributed by atoms with Gasteiger partial charge in [0.25, 0.3) is 0 Å². The molecule has 0 spiro atoms. The number of amides is 2. The van der Waals surface area contributed by atoms with Crippen LogP contribution in [-0.4, -0.2) is 17.6 Å². The number of rotatable bonds is 6. The lowest BCUT2D eigenvalue weighted by atomic mass is 9.86. The summed E-state index contributed by atoms with van der Waals surface area (Å²) < 4.78 is 5.47. The Kier molecular flexibility index (Phi) is 6.33. The number of carbonyl (C=O) groups excluding carboxylic acids is 2. The van der Waals surface area contributed by atoms with Crippen LogP contribution in [0.1, 0.15) is 29.7 Å². The van der Waals surface area contributed by atoms with E-state index in [1.165, 1.54) is 18.0 Å². The minimum absolute atomic E-state index is 0.0882. The highest BCUT2D eigenvalue weighted by molar-refractivity contribution is 8.03. The van der Waals surface area contributed by atoms with Crippen molar-refractivity contribution in [3.05, 3.63) is 75.4 Å². The number of anilines is 1. The summed E-state index contributed by atoms with van der Waals surface area (Å²) in [5, 5.41) is 16.3. The summed E-state index contributed by atoms with van der Waals surface area (Å²) in [6, 6.07) is 11.2. The van der Waals surface area contributed by atoms with Gasteiger partial charge in [-0.25, -0.2) is 0 Å². The van der Waals surface area contributed by atoms with E-state index in [1.807, 2.05) is 32.0 Å². The zero-order chi connectivity index (χ0) is 21.8. The molecule has 3 rings (SSSR count). The topological polar surface area (TPSA) is 121 Å². The number of furan rings is 1. The van der Waals surface area contributed by atoms with Gasteiger partial charge in [-0.3, -0.25) is 9.59 Å². The lowest BCUT2D eigenvalue weighted by molar-refractivity contribution is -0.115. The summed E-state index contributed by atoms with van der Waals surface area (Å²) >= 11 is 1.19. The number of hydrogen-bond donors (Lipinski definition) is 3. The van der Waals surface area contributed by atoms with E-state index in [0.29, 0.717) is 16.5 Å². The molecule has 1 atom stereocenters. The first-order valence-corrected chi connectivity index (χ1v) is 10.3. The molecule has 0 fully saturated rings. The van der Waals surface area contributed by atoms with E-state index in [0.717, 1.165) is 16.8 Å². The normalized spacial score (nSPS) is 16.1. The molecule has 2 heterocycles. The first kappa shape index (κ1) is 21.3. The molecule has 30 heavy (non-hydrogen) atoms. The van der Waals surface area contributed by atoms with Crippen LogP contribution in [-0.2, 0) is 9.59 Å². The van der Waals surface area contributed by atoms with E-state index >= 15 is 0 Å². The van der Waals surface area contributed by atoms with E-state index < -0.39 is 11.8 Å². The average Bonchev–Trinajstić information content (AvgIpc) is 3.23. The van der Waals surface area contributed by atoms with Crippen LogP contribution in [0.3, 0.4) is 0 Å². The summed E-state index contributed by atoms with van der Waals surface area (Å²) in [5.74, 6) is -1.01. The SMILES string of the molecule is CC1=C(C(N)=O)C(c2ccco2)C(C#N)=C(SCC(=O)Nc2cccc(C)c2C)N1. The number of allylic oxidation sites excluding steroid dienone is 2. The first-order chi connectivity index (χ1) is 14.3. The molecule has 1 aromatic heterocycles. The van der Waals surface area contributed by atoms with Gasteiger partial charge in [0, 0.05) is 11.4 Å². The highest BCUT2D eigenvalue weighted by Crippen LogP contribution is 2.40. The largest absolute Gasteiger partial charge is 0.468 e. The number of benzene rings is 1. The molecule has 154 valence electrons. The maximum absolute atomic E-state index is 12.5. The highest BCUT2D eigenvalue weighted by atomic mass is 32.2. The van der Waals surface area contributed by atoms with Gasteiger partial charge in [-0.15, -0.1) is 0 Å². The van der Waals surface area contributed by atoms with Gasteiger partial charge < -0.3 is 20.8 Å². The second-order valence-electron chi connectivity index (χ2n) is 6.92. The van der Waals surface area contributed by atoms with E-state index in [-0.39, 0.29) is 22.8 Å². The Morgan fingerprint density at radius 1 is 1.27 bits per heavy atom. The fourth-order valence-electron chi connectivity index (χ4n) is 3.30. The number of aryl methyl sites for hydroxylation is 1. The molecule has 0 bridgehead atoms. The predicted molar refractivity (Wildman–Crippen MR) is 116 cm³/mol. The maximum atomic E-state index is 12.5. The van der Waals surface area contributed by atoms with Crippen molar-refractivity contribution in [1.29, 1.82) is 5.26 Å². The maximum Gasteiger partial charge on any atom is 0.247 e. The molecule has 1 aromatic carbocycles. The van der Waals surface area contributed by atoms with Crippen LogP contribution >= 0.6 is 11.8 Å². The van der Waals surface area contributed by atoms with Crippen molar-refractivity contribution >= 4 is 29.3 Å². The lowest BCUT2D eigenvalue weighted by Gasteiger charge is -2.27. The number of carbonyl (C=O) groups is 2. The minimum atomic E-state index is -0.715. The molecular formula is C22H22N4O3S. The van der Waals surface area contributed by atoms with Crippen molar-refractivity contribution in [2.24, 2.45) is 5.73 Å². The third kappa shape index (κ3) is 4.26. The molecule has 0 saturated carbocycles. The Morgan fingerprint density at radius 3 is 2.67 bits per heavy atom. The Morgan fingerprint density at radius 2 is 2.03 bits per heavy atom. The molecule has 2 aromatic rings. The average molecular weight is 423 g/mol. The highest BCUT2D eigenvalue weighted by Gasteiger charge is 2.35. The summed E-state index contributed by atoms with van der Waals surface area (Å²) in [4.78, 5) is 24.6. The minimum Gasteiger partial charge on any atom is -0.468 e. The van der Waals surface area contributed by atoms with E-state index in [2.05, 4.69) is 16.7 Å². The number of nitrogens with zero attached hydrogens (tertiary/aromatic N) is 1. The van der Waals surface area contributed by atoms with Crippen LogP contribution in [0.2, 0.25) is 0 Å². The van der Waals surface area contributed by atoms with E-state index in [1.54, 1.807) is 19.1 Å². The second-order valence-corrected chi connectivity index (χ2v) is 7.90. The summed E-state index contributed by atoms with van der Waals surface area (Å²) in [6.45, 7) is 5.64. The van der Waals surface area contributed by atoms with Crippen molar-refractivity contribution in [3.63, 3.8) is 0 Å². The van der Waals surface area contributed by atoms with Crippen LogP contribution in [0, 0.1) is 25.2 Å². The van der Waals surface area contributed by atoms with Crippen LogP contribution in [0.25, 0.3) is 0 Å². The van der Waals surface area contributed by atoms with Crippen molar-refractivity contribution in [2.75, 3.05) is 11.1 Å². The second kappa shape index (κ2) is 8.93. The van der Waals surface area contributed by atoms with Crippen LogP contribution in [0.4, 0.5) is 5.69 Å². The molecule has 0 radical (unpaired) electrons. The van der Waals surface area contributed by atoms with Gasteiger partial charge in [0.2, 0.25) is 11.8 Å². The Bertz CT molecular complexity index is 1090. The molecule has 1 unspecified atom stereocenters. The zero-order valence-corrected chi connectivity index (χ0v) is 17.7. The monoisotopic (exact) mass is 422 g/mol. The van der Waals surface area contributed by atoms with Crippen molar-refractivity contribution < 1.29 is 14.0 Å². The molecule has 0 saturated heterocycles. The van der Waals surface area contributed by atoms with Crippen LogP contribution in [0.15, 0.2) is 62.9 Å². The van der Waals surface area contributed by atoms with Crippen molar-refractivity contribution in [3.8, 4) is 6.07 Å². The van der Waals surface area contributed by atoms with Crippen molar-refractivity contribution in [2.45, 2.75) is 26.7 Å². The van der Waals surface area contributed by atoms with Crippen molar-refractivity contribution in [1.82, 2.24) is 5.32 Å². The molecular weight excluding hydrogens is 400 g/mol.